The third-order valence-electron chi connectivity index (χ3n) is 2.63. The molecule has 1 amide bonds. The molecule has 0 aliphatic heterocycles. The summed E-state index contributed by atoms with van der Waals surface area (Å²) in [6.07, 6.45) is 0.955. The second-order valence-electron chi connectivity index (χ2n) is 4.09. The van der Waals surface area contributed by atoms with Gasteiger partial charge in [-0.05, 0) is 23.8 Å². The maximum Gasteiger partial charge on any atom is 0.300 e. The van der Waals surface area contributed by atoms with E-state index >= 15 is 0 Å². The lowest BCUT2D eigenvalue weighted by molar-refractivity contribution is -0.385. The SMILES string of the molecule is O=C(NCc1cccc(Cl)c1)c1cc(Cl)ncc1[N+](=O)[O-]. The average molecular weight is 326 g/mol. The number of amides is 1. The van der Waals surface area contributed by atoms with E-state index in [9.17, 15) is 14.9 Å². The zero-order chi connectivity index (χ0) is 15.4. The standard InChI is InChI=1S/C13H9Cl2N3O3/c14-9-3-1-2-8(4-9)6-17-13(19)10-5-12(15)16-7-11(10)18(20)21/h1-5,7H,6H2,(H,17,19). The van der Waals surface area contributed by atoms with Crippen LogP contribution in [0.15, 0.2) is 36.5 Å². The van der Waals surface area contributed by atoms with Crippen LogP contribution in [0, 0.1) is 10.1 Å². The Morgan fingerprint density at radius 1 is 1.33 bits per heavy atom. The molecule has 1 aromatic heterocycles. The van der Waals surface area contributed by atoms with Crippen molar-refractivity contribution in [2.24, 2.45) is 0 Å². The van der Waals surface area contributed by atoms with E-state index in [0.29, 0.717) is 5.02 Å². The molecule has 0 fully saturated rings. The van der Waals surface area contributed by atoms with E-state index in [2.05, 4.69) is 10.3 Å². The highest BCUT2D eigenvalue weighted by Gasteiger charge is 2.21. The second-order valence-corrected chi connectivity index (χ2v) is 4.92. The van der Waals surface area contributed by atoms with Gasteiger partial charge < -0.3 is 5.32 Å². The fraction of sp³-hybridized carbons (Fsp3) is 0.0769. The predicted molar refractivity (Wildman–Crippen MR) is 78.5 cm³/mol. The third-order valence-corrected chi connectivity index (χ3v) is 3.07. The van der Waals surface area contributed by atoms with Gasteiger partial charge in [0.25, 0.3) is 11.6 Å². The Labute approximate surface area is 129 Å². The molecule has 0 aliphatic carbocycles. The number of benzene rings is 1. The summed E-state index contributed by atoms with van der Waals surface area (Å²) in [7, 11) is 0. The molecule has 0 radical (unpaired) electrons. The molecule has 21 heavy (non-hydrogen) atoms. The van der Waals surface area contributed by atoms with E-state index < -0.39 is 16.5 Å². The summed E-state index contributed by atoms with van der Waals surface area (Å²) in [5, 5.41) is 14.0. The van der Waals surface area contributed by atoms with Crippen LogP contribution in [0.4, 0.5) is 5.69 Å². The first-order valence-corrected chi connectivity index (χ1v) is 6.55. The number of halogens is 2. The summed E-state index contributed by atoms with van der Waals surface area (Å²) in [5.41, 5.74) is 0.240. The van der Waals surface area contributed by atoms with Crippen LogP contribution < -0.4 is 5.32 Å². The van der Waals surface area contributed by atoms with Crippen molar-refractivity contribution in [1.82, 2.24) is 10.3 Å². The van der Waals surface area contributed by atoms with Gasteiger partial charge in [0, 0.05) is 11.6 Å². The molecule has 108 valence electrons. The van der Waals surface area contributed by atoms with E-state index in [1.807, 2.05) is 0 Å². The van der Waals surface area contributed by atoms with Crippen molar-refractivity contribution < 1.29 is 9.72 Å². The monoisotopic (exact) mass is 325 g/mol. The Morgan fingerprint density at radius 3 is 2.76 bits per heavy atom. The van der Waals surface area contributed by atoms with Crippen LogP contribution in [-0.4, -0.2) is 15.8 Å². The molecule has 0 aliphatic rings. The first-order valence-electron chi connectivity index (χ1n) is 5.80. The molecule has 1 aromatic carbocycles. The van der Waals surface area contributed by atoms with Crippen LogP contribution in [0.25, 0.3) is 0 Å². The summed E-state index contributed by atoms with van der Waals surface area (Å²) < 4.78 is 0. The number of hydrogen-bond donors (Lipinski definition) is 1. The lowest BCUT2D eigenvalue weighted by Crippen LogP contribution is -2.23. The van der Waals surface area contributed by atoms with Crippen molar-refractivity contribution in [1.29, 1.82) is 0 Å². The zero-order valence-electron chi connectivity index (χ0n) is 10.5. The lowest BCUT2D eigenvalue weighted by Gasteiger charge is -2.06. The number of nitro groups is 1. The minimum Gasteiger partial charge on any atom is -0.348 e. The van der Waals surface area contributed by atoms with Crippen LogP contribution in [0.3, 0.4) is 0 Å². The smallest absolute Gasteiger partial charge is 0.300 e. The Bertz CT molecular complexity index is 707. The molecule has 0 atom stereocenters. The second kappa shape index (κ2) is 6.51. The molecule has 0 saturated heterocycles. The highest BCUT2D eigenvalue weighted by molar-refractivity contribution is 6.30. The Hall–Kier alpha value is -2.18. The molecule has 8 heteroatoms. The van der Waals surface area contributed by atoms with Crippen LogP contribution in [0.5, 0.6) is 0 Å². The summed E-state index contributed by atoms with van der Waals surface area (Å²) in [5.74, 6) is -0.606. The van der Waals surface area contributed by atoms with Gasteiger partial charge in [0.05, 0.1) is 4.92 Å². The van der Waals surface area contributed by atoms with Crippen molar-refractivity contribution in [2.75, 3.05) is 0 Å². The van der Waals surface area contributed by atoms with Gasteiger partial charge in [-0.1, -0.05) is 35.3 Å². The van der Waals surface area contributed by atoms with Crippen molar-refractivity contribution in [2.45, 2.75) is 6.54 Å². The average Bonchev–Trinajstić information content (AvgIpc) is 2.44. The molecule has 1 heterocycles. The van der Waals surface area contributed by atoms with Gasteiger partial charge in [-0.15, -0.1) is 0 Å². The molecule has 0 bridgehead atoms. The zero-order valence-corrected chi connectivity index (χ0v) is 12.1. The Morgan fingerprint density at radius 2 is 2.10 bits per heavy atom. The summed E-state index contributed by atoms with van der Waals surface area (Å²) in [4.78, 5) is 25.8. The van der Waals surface area contributed by atoms with E-state index in [1.54, 1.807) is 24.3 Å². The number of nitrogens with zero attached hydrogens (tertiary/aromatic N) is 2. The van der Waals surface area contributed by atoms with Crippen LogP contribution in [0.2, 0.25) is 10.2 Å². The normalized spacial score (nSPS) is 10.2. The predicted octanol–water partition coefficient (Wildman–Crippen LogP) is 3.23. The minimum atomic E-state index is -0.683. The van der Waals surface area contributed by atoms with Gasteiger partial charge in [0.15, 0.2) is 0 Å². The number of hydrogen-bond acceptors (Lipinski definition) is 4. The maximum atomic E-state index is 12.0. The number of aromatic nitrogens is 1. The highest BCUT2D eigenvalue weighted by atomic mass is 35.5. The Balaban J connectivity index is 2.17. The molecular formula is C13H9Cl2N3O3. The van der Waals surface area contributed by atoms with Crippen molar-refractivity contribution in [3.05, 3.63) is 67.9 Å². The summed E-state index contributed by atoms with van der Waals surface area (Å²) in [6.45, 7) is 0.191. The number of nitrogens with one attached hydrogen (secondary N) is 1. The van der Waals surface area contributed by atoms with E-state index in [4.69, 9.17) is 23.2 Å². The fourth-order valence-corrected chi connectivity index (χ4v) is 2.05. The molecule has 2 aromatic rings. The van der Waals surface area contributed by atoms with Crippen LogP contribution >= 0.6 is 23.2 Å². The third kappa shape index (κ3) is 3.90. The van der Waals surface area contributed by atoms with Gasteiger partial charge in [-0.2, -0.15) is 0 Å². The summed E-state index contributed by atoms with van der Waals surface area (Å²) in [6, 6.07) is 8.08. The quantitative estimate of drug-likeness (QED) is 0.531. The van der Waals surface area contributed by atoms with Gasteiger partial charge in [-0.3, -0.25) is 14.9 Å². The van der Waals surface area contributed by atoms with E-state index in [0.717, 1.165) is 17.8 Å². The van der Waals surface area contributed by atoms with E-state index in [-0.39, 0.29) is 17.3 Å². The van der Waals surface area contributed by atoms with Gasteiger partial charge >= 0.3 is 0 Å². The van der Waals surface area contributed by atoms with Crippen LogP contribution in [0.1, 0.15) is 15.9 Å². The van der Waals surface area contributed by atoms with E-state index in [1.165, 1.54) is 0 Å². The first kappa shape index (κ1) is 15.2. The Kier molecular flexibility index (Phi) is 4.72. The molecule has 2 rings (SSSR count). The van der Waals surface area contributed by atoms with Crippen molar-refractivity contribution in [3.63, 3.8) is 0 Å². The number of carbonyl (C=O) groups is 1. The number of rotatable bonds is 4. The van der Waals surface area contributed by atoms with Crippen LogP contribution in [-0.2, 0) is 6.54 Å². The van der Waals surface area contributed by atoms with Gasteiger partial charge in [-0.25, -0.2) is 4.98 Å². The molecule has 1 N–H and O–H groups in total. The molecule has 0 saturated carbocycles. The van der Waals surface area contributed by atoms with Gasteiger partial charge in [0.1, 0.15) is 16.9 Å². The number of pyridine rings is 1. The lowest BCUT2D eigenvalue weighted by atomic mass is 10.2. The largest absolute Gasteiger partial charge is 0.348 e. The molecule has 0 unspecified atom stereocenters. The topological polar surface area (TPSA) is 85.1 Å². The molecular weight excluding hydrogens is 317 g/mol. The minimum absolute atomic E-state index is 0.00788. The first-order chi connectivity index (χ1) is 9.97. The molecule has 0 spiro atoms. The maximum absolute atomic E-state index is 12.0. The fourth-order valence-electron chi connectivity index (χ4n) is 1.67. The molecule has 6 nitrogen and oxygen atoms in total. The van der Waals surface area contributed by atoms with Crippen molar-refractivity contribution in [3.8, 4) is 0 Å². The van der Waals surface area contributed by atoms with Gasteiger partial charge in [0.2, 0.25) is 0 Å². The highest BCUT2D eigenvalue weighted by Crippen LogP contribution is 2.20. The summed E-state index contributed by atoms with van der Waals surface area (Å²) >= 11 is 11.5. The number of carbonyl (C=O) groups excluding carboxylic acids is 1. The van der Waals surface area contributed by atoms with Crippen molar-refractivity contribution >= 4 is 34.8 Å².